The number of nitrogens with one attached hydrogen (secondary N) is 1. The number of aldehydes is 1. The van der Waals surface area contributed by atoms with Gasteiger partial charge in [-0.25, -0.2) is 0 Å². The summed E-state index contributed by atoms with van der Waals surface area (Å²) in [6.07, 6.45) is 2.48. The van der Waals surface area contributed by atoms with Gasteiger partial charge in [-0.2, -0.15) is 0 Å². The first-order valence-corrected chi connectivity index (χ1v) is 5.04. The van der Waals surface area contributed by atoms with E-state index in [4.69, 9.17) is 5.73 Å². The highest BCUT2D eigenvalue weighted by Crippen LogP contribution is 2.17. The van der Waals surface area contributed by atoms with E-state index in [-0.39, 0.29) is 6.42 Å². The molecule has 0 saturated heterocycles. The molecular weight excluding hydrogens is 216 g/mol. The highest BCUT2D eigenvalue weighted by Gasteiger charge is 2.02. The Bertz CT molecular complexity index is 644. The molecule has 0 spiro atoms. The molecule has 0 aliphatic carbocycles. The van der Waals surface area contributed by atoms with Crippen LogP contribution in [0.15, 0.2) is 24.4 Å². The number of benzene rings is 1. The van der Waals surface area contributed by atoms with E-state index in [1.807, 2.05) is 18.2 Å². The molecule has 0 aliphatic heterocycles. The van der Waals surface area contributed by atoms with Gasteiger partial charge >= 0.3 is 0 Å². The topological polar surface area (TPSA) is 76.0 Å². The number of aromatic amines is 1. The second-order valence-electron chi connectivity index (χ2n) is 3.57. The van der Waals surface area contributed by atoms with Crippen LogP contribution >= 0.6 is 0 Å². The normalized spacial score (nSPS) is 9.65. The SMILES string of the molecule is NC(=O)CC#Cc1ccc2[nH]cc(C=O)c2c1. The standard InChI is InChI=1S/C13H10N2O2/c14-13(17)3-1-2-9-4-5-12-11(6-9)10(8-16)7-15-12/h4-8,15H,3H2,(H2,14,17). The lowest BCUT2D eigenvalue weighted by atomic mass is 10.1. The number of aromatic nitrogens is 1. The molecule has 0 saturated carbocycles. The summed E-state index contributed by atoms with van der Waals surface area (Å²) in [5.41, 5.74) is 7.21. The molecule has 1 amide bonds. The molecule has 4 nitrogen and oxygen atoms in total. The molecule has 1 heterocycles. The summed E-state index contributed by atoms with van der Waals surface area (Å²) in [6.45, 7) is 0. The van der Waals surface area contributed by atoms with Gasteiger partial charge in [-0.05, 0) is 18.2 Å². The van der Waals surface area contributed by atoms with Crippen molar-refractivity contribution in [1.29, 1.82) is 0 Å². The van der Waals surface area contributed by atoms with E-state index in [0.717, 1.165) is 22.8 Å². The van der Waals surface area contributed by atoms with Crippen LogP contribution in [0.25, 0.3) is 10.9 Å². The lowest BCUT2D eigenvalue weighted by Crippen LogP contribution is -2.08. The Kier molecular flexibility index (Phi) is 2.93. The van der Waals surface area contributed by atoms with Crippen molar-refractivity contribution < 1.29 is 9.59 Å². The van der Waals surface area contributed by atoms with E-state index in [0.29, 0.717) is 5.56 Å². The van der Waals surface area contributed by atoms with Crippen molar-refractivity contribution in [2.24, 2.45) is 5.73 Å². The van der Waals surface area contributed by atoms with E-state index >= 15 is 0 Å². The van der Waals surface area contributed by atoms with Gasteiger partial charge in [0.1, 0.15) is 0 Å². The number of H-pyrrole nitrogens is 1. The molecule has 17 heavy (non-hydrogen) atoms. The lowest BCUT2D eigenvalue weighted by Gasteiger charge is -1.93. The summed E-state index contributed by atoms with van der Waals surface area (Å²) in [6, 6.07) is 5.47. The molecule has 2 aromatic rings. The van der Waals surface area contributed by atoms with Gasteiger partial charge in [-0.3, -0.25) is 9.59 Å². The first-order valence-electron chi connectivity index (χ1n) is 5.04. The Morgan fingerprint density at radius 1 is 1.47 bits per heavy atom. The number of carbonyl (C=O) groups excluding carboxylic acids is 2. The largest absolute Gasteiger partial charge is 0.369 e. The maximum absolute atomic E-state index is 10.8. The van der Waals surface area contributed by atoms with Crippen LogP contribution in [-0.2, 0) is 4.79 Å². The van der Waals surface area contributed by atoms with Crippen LogP contribution in [0, 0.1) is 11.8 Å². The van der Waals surface area contributed by atoms with Gasteiger partial charge in [0.2, 0.25) is 5.91 Å². The number of hydrogen-bond acceptors (Lipinski definition) is 2. The molecule has 0 atom stereocenters. The first kappa shape index (κ1) is 11.0. The van der Waals surface area contributed by atoms with Gasteiger partial charge < -0.3 is 10.7 Å². The van der Waals surface area contributed by atoms with E-state index in [1.54, 1.807) is 6.20 Å². The molecule has 3 N–H and O–H groups in total. The van der Waals surface area contributed by atoms with Crippen LogP contribution < -0.4 is 5.73 Å². The summed E-state index contributed by atoms with van der Waals surface area (Å²) in [5, 5.41) is 0.825. The number of hydrogen-bond donors (Lipinski definition) is 2. The average molecular weight is 226 g/mol. The Morgan fingerprint density at radius 3 is 3.00 bits per heavy atom. The van der Waals surface area contributed by atoms with Gasteiger partial charge in [0.25, 0.3) is 0 Å². The average Bonchev–Trinajstić information content (AvgIpc) is 2.70. The van der Waals surface area contributed by atoms with Crippen molar-refractivity contribution in [3.63, 3.8) is 0 Å². The zero-order chi connectivity index (χ0) is 12.3. The van der Waals surface area contributed by atoms with Crippen LogP contribution in [-0.4, -0.2) is 17.2 Å². The molecular formula is C13H10N2O2. The molecule has 2 rings (SSSR count). The summed E-state index contributed by atoms with van der Waals surface area (Å²) in [7, 11) is 0. The number of carbonyl (C=O) groups is 2. The van der Waals surface area contributed by atoms with Gasteiger partial charge in [-0.15, -0.1) is 0 Å². The molecule has 1 aromatic heterocycles. The minimum atomic E-state index is -0.450. The van der Waals surface area contributed by atoms with Crippen molar-refractivity contribution in [2.45, 2.75) is 6.42 Å². The maximum Gasteiger partial charge on any atom is 0.229 e. The number of amides is 1. The number of fused-ring (bicyclic) bond motifs is 1. The lowest BCUT2D eigenvalue weighted by molar-refractivity contribution is -0.117. The zero-order valence-corrected chi connectivity index (χ0v) is 8.99. The van der Waals surface area contributed by atoms with Crippen LogP contribution in [0.5, 0.6) is 0 Å². The fourth-order valence-electron chi connectivity index (χ4n) is 1.55. The van der Waals surface area contributed by atoms with Crippen molar-refractivity contribution in [3.8, 4) is 11.8 Å². The van der Waals surface area contributed by atoms with E-state index in [2.05, 4.69) is 16.8 Å². The summed E-state index contributed by atoms with van der Waals surface area (Å²) in [5.74, 6) is 5.05. The molecule has 84 valence electrons. The zero-order valence-electron chi connectivity index (χ0n) is 8.99. The minimum Gasteiger partial charge on any atom is -0.369 e. The highest BCUT2D eigenvalue weighted by atomic mass is 16.1. The summed E-state index contributed by atoms with van der Waals surface area (Å²) < 4.78 is 0. The van der Waals surface area contributed by atoms with Gasteiger partial charge in [-0.1, -0.05) is 11.8 Å². The monoisotopic (exact) mass is 226 g/mol. The molecule has 4 heteroatoms. The highest BCUT2D eigenvalue weighted by molar-refractivity contribution is 5.97. The number of nitrogens with two attached hydrogens (primary N) is 1. The van der Waals surface area contributed by atoms with Crippen molar-refractivity contribution in [3.05, 3.63) is 35.5 Å². The van der Waals surface area contributed by atoms with E-state index in [9.17, 15) is 9.59 Å². The second-order valence-corrected chi connectivity index (χ2v) is 3.57. The Balaban J connectivity index is 2.38. The van der Waals surface area contributed by atoms with Crippen molar-refractivity contribution in [1.82, 2.24) is 4.98 Å². The van der Waals surface area contributed by atoms with Gasteiger partial charge in [0, 0.05) is 28.2 Å². The summed E-state index contributed by atoms with van der Waals surface area (Å²) in [4.78, 5) is 24.3. The quantitative estimate of drug-likeness (QED) is 0.596. The fourth-order valence-corrected chi connectivity index (χ4v) is 1.55. The Labute approximate surface area is 97.8 Å². The Hall–Kier alpha value is -2.54. The minimum absolute atomic E-state index is 0.0334. The van der Waals surface area contributed by atoms with E-state index in [1.165, 1.54) is 0 Å². The second kappa shape index (κ2) is 4.54. The van der Waals surface area contributed by atoms with Gasteiger partial charge in [0.05, 0.1) is 6.42 Å². The third-order valence-corrected chi connectivity index (χ3v) is 2.34. The van der Waals surface area contributed by atoms with Gasteiger partial charge in [0.15, 0.2) is 6.29 Å². The third-order valence-electron chi connectivity index (χ3n) is 2.34. The van der Waals surface area contributed by atoms with E-state index < -0.39 is 5.91 Å². The molecule has 0 aliphatic rings. The van der Waals surface area contributed by atoms with Crippen LogP contribution in [0.4, 0.5) is 0 Å². The van der Waals surface area contributed by atoms with Crippen LogP contribution in [0.3, 0.4) is 0 Å². The third kappa shape index (κ3) is 2.34. The predicted molar refractivity (Wildman–Crippen MR) is 64.4 cm³/mol. The molecule has 0 radical (unpaired) electrons. The first-order chi connectivity index (χ1) is 8.20. The number of primary amides is 1. The maximum atomic E-state index is 10.8. The summed E-state index contributed by atoms with van der Waals surface area (Å²) >= 11 is 0. The van der Waals surface area contributed by atoms with Crippen LogP contribution in [0.1, 0.15) is 22.3 Å². The number of rotatable bonds is 2. The molecule has 0 unspecified atom stereocenters. The molecule has 0 bridgehead atoms. The van der Waals surface area contributed by atoms with Crippen molar-refractivity contribution >= 4 is 23.1 Å². The predicted octanol–water partition coefficient (Wildman–Crippen LogP) is 1.21. The van der Waals surface area contributed by atoms with Crippen molar-refractivity contribution in [2.75, 3.05) is 0 Å². The van der Waals surface area contributed by atoms with Crippen LogP contribution in [0.2, 0.25) is 0 Å². The molecule has 1 aromatic carbocycles. The smallest absolute Gasteiger partial charge is 0.229 e. The Morgan fingerprint density at radius 2 is 2.29 bits per heavy atom. The molecule has 0 fully saturated rings. The fraction of sp³-hybridized carbons (Fsp3) is 0.0769.